The van der Waals surface area contributed by atoms with E-state index in [1.807, 2.05) is 66.7 Å². The first-order valence-electron chi connectivity index (χ1n) is 12.3. The third-order valence-electron chi connectivity index (χ3n) is 6.95. The number of carbonyl (C=O) groups is 2. The third kappa shape index (κ3) is 4.70. The van der Waals surface area contributed by atoms with Crippen molar-refractivity contribution in [3.8, 4) is 5.75 Å². The van der Waals surface area contributed by atoms with Gasteiger partial charge in [0.15, 0.2) is 17.2 Å². The third-order valence-corrected chi connectivity index (χ3v) is 6.95. The fourth-order valence-electron chi connectivity index (χ4n) is 5.05. The molecule has 1 aromatic heterocycles. The van der Waals surface area contributed by atoms with Gasteiger partial charge in [-0.3, -0.25) is 14.4 Å². The normalized spacial score (nSPS) is 14.9. The highest BCUT2D eigenvalue weighted by atomic mass is 16.5. The van der Waals surface area contributed by atoms with Gasteiger partial charge < -0.3 is 14.2 Å². The van der Waals surface area contributed by atoms with Crippen LogP contribution < -0.4 is 10.2 Å². The summed E-state index contributed by atoms with van der Waals surface area (Å²) in [6, 6.07) is 29.3. The first kappa shape index (κ1) is 24.3. The summed E-state index contributed by atoms with van der Waals surface area (Å²) < 4.78 is 7.69. The Balaban J connectivity index is 1.61. The second-order valence-corrected chi connectivity index (χ2v) is 9.31. The van der Waals surface area contributed by atoms with Gasteiger partial charge in [0.1, 0.15) is 6.61 Å². The van der Waals surface area contributed by atoms with Gasteiger partial charge in [-0.25, -0.2) is 0 Å². The highest BCUT2D eigenvalue weighted by Gasteiger charge is 2.39. The van der Waals surface area contributed by atoms with Crippen LogP contribution in [0, 0.1) is 0 Å². The van der Waals surface area contributed by atoms with Gasteiger partial charge in [-0.05, 0) is 23.6 Å². The molecule has 1 atom stereocenters. The molecule has 0 saturated carbocycles. The first-order chi connectivity index (χ1) is 18.0. The molecule has 6 heteroatoms. The monoisotopic (exact) mass is 492 g/mol. The van der Waals surface area contributed by atoms with E-state index in [4.69, 9.17) is 4.74 Å². The lowest BCUT2D eigenvalue weighted by Gasteiger charge is -2.40. The zero-order chi connectivity index (χ0) is 25.9. The molecule has 3 aromatic carbocycles. The molecular weight excluding hydrogens is 464 g/mol. The molecule has 0 saturated heterocycles. The van der Waals surface area contributed by atoms with Crippen molar-refractivity contribution in [1.29, 1.82) is 0 Å². The standard InChI is InChI=1S/C31H28N2O4/c1-21(34)25-18-33-19-26(27(23-14-8-4-9-15-23)24-16-10-5-11-17-24)32(2)31(36)28(33)30(29(25)35)37-20-22-12-6-3-7-13-22/h3-18,26-27H,19-20H2,1-2H3/t26-/m0/s1. The van der Waals surface area contributed by atoms with Crippen LogP contribution in [-0.2, 0) is 13.2 Å². The van der Waals surface area contributed by atoms with Crippen LogP contribution in [0.15, 0.2) is 102 Å². The van der Waals surface area contributed by atoms with Crippen molar-refractivity contribution < 1.29 is 14.3 Å². The van der Waals surface area contributed by atoms with E-state index in [2.05, 4.69) is 24.3 Å². The average Bonchev–Trinajstić information content (AvgIpc) is 2.92. The van der Waals surface area contributed by atoms with Crippen LogP contribution in [0.5, 0.6) is 5.75 Å². The Morgan fingerprint density at radius 2 is 1.43 bits per heavy atom. The number of pyridine rings is 1. The zero-order valence-corrected chi connectivity index (χ0v) is 20.8. The number of rotatable bonds is 7. The Bertz CT molecular complexity index is 1440. The number of nitrogens with zero attached hydrogens (tertiary/aromatic N) is 2. The van der Waals surface area contributed by atoms with Crippen LogP contribution in [0.2, 0.25) is 0 Å². The molecule has 0 unspecified atom stereocenters. The van der Waals surface area contributed by atoms with Crippen LogP contribution in [0.1, 0.15) is 50.4 Å². The van der Waals surface area contributed by atoms with E-state index in [-0.39, 0.29) is 47.3 Å². The minimum atomic E-state index is -0.558. The number of hydrogen-bond donors (Lipinski definition) is 0. The lowest BCUT2D eigenvalue weighted by Crippen LogP contribution is -2.50. The number of hydrogen-bond acceptors (Lipinski definition) is 4. The maximum Gasteiger partial charge on any atom is 0.274 e. The number of carbonyl (C=O) groups excluding carboxylic acids is 2. The van der Waals surface area contributed by atoms with Gasteiger partial charge in [0.2, 0.25) is 5.43 Å². The van der Waals surface area contributed by atoms with Gasteiger partial charge in [0.05, 0.1) is 11.6 Å². The molecule has 0 spiro atoms. The summed E-state index contributed by atoms with van der Waals surface area (Å²) in [5.74, 6) is -0.875. The predicted molar refractivity (Wildman–Crippen MR) is 142 cm³/mol. The van der Waals surface area contributed by atoms with Crippen molar-refractivity contribution in [3.05, 3.63) is 135 Å². The topological polar surface area (TPSA) is 68.6 Å². The van der Waals surface area contributed by atoms with Crippen molar-refractivity contribution in [2.45, 2.75) is 32.0 Å². The van der Waals surface area contributed by atoms with E-state index in [0.717, 1.165) is 16.7 Å². The van der Waals surface area contributed by atoms with E-state index in [1.54, 1.807) is 16.5 Å². The number of likely N-dealkylation sites (N-methyl/N-ethyl adjacent to an activating group) is 1. The van der Waals surface area contributed by atoms with E-state index in [1.165, 1.54) is 13.1 Å². The van der Waals surface area contributed by atoms with Gasteiger partial charge in [-0.1, -0.05) is 91.0 Å². The van der Waals surface area contributed by atoms with Gasteiger partial charge >= 0.3 is 0 Å². The molecule has 6 nitrogen and oxygen atoms in total. The number of benzene rings is 3. The molecule has 0 radical (unpaired) electrons. The Hall–Kier alpha value is -4.45. The summed E-state index contributed by atoms with van der Waals surface area (Å²) in [4.78, 5) is 41.3. The van der Waals surface area contributed by atoms with E-state index >= 15 is 0 Å². The summed E-state index contributed by atoms with van der Waals surface area (Å²) in [6.45, 7) is 1.87. The number of amides is 1. The SMILES string of the molecule is CC(=O)c1cn2c(c(OCc3ccccc3)c1=O)C(=O)N(C)[C@H](C(c1ccccc1)c1ccccc1)C2. The van der Waals surface area contributed by atoms with Crippen LogP contribution in [0.25, 0.3) is 0 Å². The van der Waals surface area contributed by atoms with E-state index < -0.39 is 5.43 Å². The summed E-state index contributed by atoms with van der Waals surface area (Å²) in [7, 11) is 1.76. The number of ether oxygens (including phenoxy) is 1. The Kier molecular flexibility index (Phi) is 6.73. The molecule has 37 heavy (non-hydrogen) atoms. The second kappa shape index (κ2) is 10.3. The van der Waals surface area contributed by atoms with Crippen molar-refractivity contribution in [1.82, 2.24) is 9.47 Å². The lowest BCUT2D eigenvalue weighted by atomic mass is 9.83. The minimum Gasteiger partial charge on any atom is -0.483 e. The van der Waals surface area contributed by atoms with Crippen LogP contribution in [0.3, 0.4) is 0 Å². The molecule has 5 rings (SSSR count). The van der Waals surface area contributed by atoms with Crippen LogP contribution >= 0.6 is 0 Å². The van der Waals surface area contributed by atoms with Gasteiger partial charge in [-0.2, -0.15) is 0 Å². The molecule has 2 heterocycles. The van der Waals surface area contributed by atoms with Gasteiger partial charge in [0.25, 0.3) is 5.91 Å². The second-order valence-electron chi connectivity index (χ2n) is 9.31. The van der Waals surface area contributed by atoms with Crippen LogP contribution in [0.4, 0.5) is 0 Å². The number of Topliss-reactive ketones (excluding diaryl/α,β-unsaturated/α-hetero) is 1. The smallest absolute Gasteiger partial charge is 0.274 e. The number of ketones is 1. The Morgan fingerprint density at radius 1 is 0.892 bits per heavy atom. The Labute approximate surface area is 215 Å². The molecule has 0 fully saturated rings. The van der Waals surface area contributed by atoms with Gasteiger partial charge in [-0.15, -0.1) is 0 Å². The van der Waals surface area contributed by atoms with Crippen LogP contribution in [-0.4, -0.2) is 34.2 Å². The zero-order valence-electron chi connectivity index (χ0n) is 20.8. The molecule has 4 aromatic rings. The maximum atomic E-state index is 13.9. The quantitative estimate of drug-likeness (QED) is 0.344. The van der Waals surface area contributed by atoms with Crippen molar-refractivity contribution in [3.63, 3.8) is 0 Å². The lowest BCUT2D eigenvalue weighted by molar-refractivity contribution is 0.0624. The fourth-order valence-corrected chi connectivity index (χ4v) is 5.05. The number of aromatic nitrogens is 1. The maximum absolute atomic E-state index is 13.9. The molecule has 0 aliphatic carbocycles. The fraction of sp³-hybridized carbons (Fsp3) is 0.194. The summed E-state index contributed by atoms with van der Waals surface area (Å²) >= 11 is 0. The summed E-state index contributed by atoms with van der Waals surface area (Å²) in [5.41, 5.74) is 2.64. The highest BCUT2D eigenvalue weighted by Crippen LogP contribution is 2.35. The van der Waals surface area contributed by atoms with Crippen molar-refractivity contribution >= 4 is 11.7 Å². The Morgan fingerprint density at radius 3 is 1.97 bits per heavy atom. The molecule has 1 amide bonds. The van der Waals surface area contributed by atoms with E-state index in [9.17, 15) is 14.4 Å². The van der Waals surface area contributed by atoms with Crippen molar-refractivity contribution in [2.24, 2.45) is 0 Å². The largest absolute Gasteiger partial charge is 0.483 e. The molecule has 186 valence electrons. The molecule has 1 aliphatic heterocycles. The first-order valence-corrected chi connectivity index (χ1v) is 12.3. The van der Waals surface area contributed by atoms with Gasteiger partial charge in [0, 0.05) is 25.7 Å². The highest BCUT2D eigenvalue weighted by molar-refractivity contribution is 5.99. The van der Waals surface area contributed by atoms with Crippen molar-refractivity contribution in [2.75, 3.05) is 7.05 Å². The molecule has 0 bridgehead atoms. The molecule has 1 aliphatic rings. The minimum absolute atomic E-state index is 0.0129. The van der Waals surface area contributed by atoms with E-state index in [0.29, 0.717) is 6.54 Å². The predicted octanol–water partition coefficient (Wildman–Crippen LogP) is 4.92. The average molecular weight is 493 g/mol. The summed E-state index contributed by atoms with van der Waals surface area (Å²) in [5, 5.41) is 0. The molecular formula is C31H28N2O4. The molecule has 0 N–H and O–H groups in total. The summed E-state index contributed by atoms with van der Waals surface area (Å²) in [6.07, 6.45) is 1.51. The number of fused-ring (bicyclic) bond motifs is 1.